The van der Waals surface area contributed by atoms with Crippen LogP contribution in [-0.2, 0) is 16.1 Å². The predicted molar refractivity (Wildman–Crippen MR) is 88.0 cm³/mol. The summed E-state index contributed by atoms with van der Waals surface area (Å²) in [5.41, 5.74) is -1.05. The van der Waals surface area contributed by atoms with E-state index in [0.717, 1.165) is 11.0 Å². The van der Waals surface area contributed by atoms with Crippen LogP contribution >= 0.6 is 0 Å². The molecule has 2 heterocycles. The fraction of sp³-hybridized carbons (Fsp3) is 0.438. The van der Waals surface area contributed by atoms with Gasteiger partial charge >= 0.3 is 12.3 Å². The van der Waals surface area contributed by atoms with Gasteiger partial charge in [0.2, 0.25) is 0 Å². The van der Waals surface area contributed by atoms with Crippen molar-refractivity contribution in [1.82, 2.24) is 9.88 Å². The lowest BCUT2D eigenvalue weighted by molar-refractivity contribution is -0.141. The van der Waals surface area contributed by atoms with E-state index in [4.69, 9.17) is 9.15 Å². The first kappa shape index (κ1) is 19.7. The zero-order valence-corrected chi connectivity index (χ0v) is 14.8. The minimum atomic E-state index is -4.62. The summed E-state index contributed by atoms with van der Waals surface area (Å²) in [5, 5.41) is 2.33. The van der Waals surface area contributed by atoms with E-state index in [0.29, 0.717) is 4.57 Å². The molecule has 1 aromatic carbocycles. The molecule has 0 unspecified atom stereocenters. The SMILES string of the molecule is CCN=c1oc2cc(N3C[C@H](C(=O)NC)OC3=O)cc(F)c2n1CC(F)(F)F. The van der Waals surface area contributed by atoms with Gasteiger partial charge in [0.1, 0.15) is 12.1 Å². The fourth-order valence-corrected chi connectivity index (χ4v) is 2.85. The van der Waals surface area contributed by atoms with Gasteiger partial charge in [-0.05, 0) is 6.92 Å². The zero-order valence-electron chi connectivity index (χ0n) is 14.8. The number of rotatable bonds is 4. The summed E-state index contributed by atoms with van der Waals surface area (Å²) in [5.74, 6) is -1.57. The molecule has 1 N–H and O–H groups in total. The number of nitrogens with zero attached hydrogens (tertiary/aromatic N) is 3. The number of ether oxygens (including phenoxy) is 1. The van der Waals surface area contributed by atoms with E-state index in [-0.39, 0.29) is 24.4 Å². The molecule has 1 atom stereocenters. The van der Waals surface area contributed by atoms with Crippen molar-refractivity contribution in [1.29, 1.82) is 0 Å². The van der Waals surface area contributed by atoms with Crippen LogP contribution in [0.5, 0.6) is 0 Å². The lowest BCUT2D eigenvalue weighted by atomic mass is 10.2. The number of cyclic esters (lactones) is 1. The highest BCUT2D eigenvalue weighted by Gasteiger charge is 2.37. The van der Waals surface area contributed by atoms with E-state index >= 15 is 0 Å². The van der Waals surface area contributed by atoms with E-state index in [9.17, 15) is 27.2 Å². The highest BCUT2D eigenvalue weighted by Crippen LogP contribution is 2.29. The van der Waals surface area contributed by atoms with Gasteiger partial charge in [-0.3, -0.25) is 14.3 Å². The van der Waals surface area contributed by atoms with E-state index < -0.39 is 47.8 Å². The van der Waals surface area contributed by atoms with Crippen molar-refractivity contribution in [3.05, 3.63) is 23.6 Å². The van der Waals surface area contributed by atoms with Crippen molar-refractivity contribution in [2.24, 2.45) is 4.99 Å². The van der Waals surface area contributed by atoms with Crippen molar-refractivity contribution in [3.63, 3.8) is 0 Å². The maximum absolute atomic E-state index is 14.7. The standard InChI is InChI=1S/C16H16F4N4O4/c1-3-22-14-24(7-16(18,19)20)12-9(17)4-8(5-10(12)27-14)23-6-11(13(25)21-2)28-15(23)26/h4-5,11H,3,6-7H2,1-2H3,(H,21,25)/t11-/m1/s1. The molecular formula is C16H16F4N4O4. The molecule has 1 aliphatic rings. The molecule has 0 radical (unpaired) electrons. The lowest BCUT2D eigenvalue weighted by Gasteiger charge is -2.13. The van der Waals surface area contributed by atoms with Gasteiger partial charge in [0.25, 0.3) is 11.6 Å². The quantitative estimate of drug-likeness (QED) is 0.789. The Labute approximate surface area is 155 Å². The molecule has 0 spiro atoms. The number of hydrogen-bond donors (Lipinski definition) is 1. The highest BCUT2D eigenvalue weighted by atomic mass is 19.4. The van der Waals surface area contributed by atoms with Crippen LogP contribution in [0.3, 0.4) is 0 Å². The van der Waals surface area contributed by atoms with Gasteiger partial charge in [-0.25, -0.2) is 14.2 Å². The maximum Gasteiger partial charge on any atom is 0.415 e. The zero-order chi connectivity index (χ0) is 20.6. The number of carbonyl (C=O) groups is 2. The monoisotopic (exact) mass is 404 g/mol. The number of amides is 2. The van der Waals surface area contributed by atoms with Gasteiger partial charge in [0.15, 0.2) is 17.5 Å². The first-order valence-corrected chi connectivity index (χ1v) is 8.24. The second kappa shape index (κ2) is 7.17. The number of benzene rings is 1. The van der Waals surface area contributed by atoms with Crippen LogP contribution in [0.2, 0.25) is 0 Å². The maximum atomic E-state index is 14.7. The number of anilines is 1. The summed E-state index contributed by atoms with van der Waals surface area (Å²) in [4.78, 5) is 28.5. The highest BCUT2D eigenvalue weighted by molar-refractivity contribution is 5.96. The predicted octanol–water partition coefficient (Wildman–Crippen LogP) is 1.93. The number of carbonyl (C=O) groups excluding carboxylic acids is 2. The first-order chi connectivity index (χ1) is 13.1. The van der Waals surface area contributed by atoms with Crippen LogP contribution in [-0.4, -0.2) is 49.0 Å². The van der Waals surface area contributed by atoms with Crippen molar-refractivity contribution in [3.8, 4) is 0 Å². The molecule has 1 saturated heterocycles. The smallest absolute Gasteiger partial charge is 0.415 e. The lowest BCUT2D eigenvalue weighted by Crippen LogP contribution is -2.35. The van der Waals surface area contributed by atoms with Gasteiger partial charge in [-0.15, -0.1) is 0 Å². The van der Waals surface area contributed by atoms with Gasteiger partial charge in [-0.2, -0.15) is 13.2 Å². The fourth-order valence-electron chi connectivity index (χ4n) is 2.85. The Morgan fingerprint density at radius 3 is 2.71 bits per heavy atom. The number of fused-ring (bicyclic) bond motifs is 1. The number of likely N-dealkylation sites (N-methyl/N-ethyl adjacent to an activating group) is 1. The Morgan fingerprint density at radius 2 is 2.11 bits per heavy atom. The van der Waals surface area contributed by atoms with E-state index in [1.807, 2.05) is 0 Å². The normalized spacial score (nSPS) is 18.1. The van der Waals surface area contributed by atoms with Crippen molar-refractivity contribution in [2.45, 2.75) is 25.7 Å². The molecule has 1 aromatic heterocycles. The molecule has 8 nitrogen and oxygen atoms in total. The van der Waals surface area contributed by atoms with Crippen molar-refractivity contribution >= 4 is 28.8 Å². The Kier molecular flexibility index (Phi) is 5.04. The summed E-state index contributed by atoms with van der Waals surface area (Å²) in [7, 11) is 1.37. The van der Waals surface area contributed by atoms with Crippen LogP contribution in [0, 0.1) is 5.82 Å². The van der Waals surface area contributed by atoms with Gasteiger partial charge in [0.05, 0.1) is 12.2 Å². The third-order valence-corrected chi connectivity index (χ3v) is 4.01. The summed E-state index contributed by atoms with van der Waals surface area (Å²) >= 11 is 0. The molecule has 0 saturated carbocycles. The minimum absolute atomic E-state index is 0.0163. The van der Waals surface area contributed by atoms with Crippen LogP contribution in [0.4, 0.5) is 28.0 Å². The van der Waals surface area contributed by atoms with E-state index in [1.54, 1.807) is 6.92 Å². The number of aromatic nitrogens is 1. The summed E-state index contributed by atoms with van der Waals surface area (Å²) < 4.78 is 64.2. The van der Waals surface area contributed by atoms with Crippen molar-refractivity contribution < 1.29 is 36.3 Å². The second-order valence-corrected chi connectivity index (χ2v) is 5.93. The number of alkyl halides is 3. The number of hydrogen-bond acceptors (Lipinski definition) is 5. The molecule has 0 bridgehead atoms. The van der Waals surface area contributed by atoms with Crippen molar-refractivity contribution in [2.75, 3.05) is 25.0 Å². The molecule has 152 valence electrons. The van der Waals surface area contributed by atoms with Crippen LogP contribution in [0.1, 0.15) is 6.92 Å². The number of halogens is 4. The Bertz CT molecular complexity index is 995. The second-order valence-electron chi connectivity index (χ2n) is 5.93. The molecule has 3 rings (SSSR count). The largest absolute Gasteiger partial charge is 0.434 e. The Morgan fingerprint density at radius 1 is 1.39 bits per heavy atom. The first-order valence-electron chi connectivity index (χ1n) is 8.24. The average molecular weight is 404 g/mol. The average Bonchev–Trinajstić information content (AvgIpc) is 3.14. The molecule has 28 heavy (non-hydrogen) atoms. The molecular weight excluding hydrogens is 388 g/mol. The van der Waals surface area contributed by atoms with Gasteiger partial charge in [0, 0.05) is 25.7 Å². The molecule has 2 amide bonds. The third kappa shape index (κ3) is 3.66. The molecule has 1 aliphatic heterocycles. The molecule has 2 aromatic rings. The number of nitrogens with one attached hydrogen (secondary N) is 1. The Hall–Kier alpha value is -3.05. The van der Waals surface area contributed by atoms with E-state index in [1.165, 1.54) is 13.1 Å². The summed E-state index contributed by atoms with van der Waals surface area (Å²) in [6.45, 7) is 0.0446. The Balaban J connectivity index is 2.08. The third-order valence-electron chi connectivity index (χ3n) is 4.01. The molecule has 0 aliphatic carbocycles. The number of oxazole rings is 1. The van der Waals surface area contributed by atoms with Gasteiger partial charge < -0.3 is 14.5 Å². The van der Waals surface area contributed by atoms with E-state index in [2.05, 4.69) is 10.3 Å². The minimum Gasteiger partial charge on any atom is -0.434 e. The van der Waals surface area contributed by atoms with Crippen LogP contribution in [0.15, 0.2) is 21.5 Å². The molecule has 1 fully saturated rings. The molecule has 12 heteroatoms. The van der Waals surface area contributed by atoms with Gasteiger partial charge in [-0.1, -0.05) is 0 Å². The van der Waals surface area contributed by atoms with Crippen LogP contribution in [0.25, 0.3) is 11.1 Å². The summed E-state index contributed by atoms with van der Waals surface area (Å²) in [6.07, 6.45) is -6.60. The topological polar surface area (TPSA) is 89.1 Å². The van der Waals surface area contributed by atoms with Crippen LogP contribution < -0.4 is 15.9 Å². The summed E-state index contributed by atoms with van der Waals surface area (Å²) in [6, 6.07) is 2.08.